The summed E-state index contributed by atoms with van der Waals surface area (Å²) in [5, 5.41) is 5.18. The molecule has 116 valence electrons. The van der Waals surface area contributed by atoms with Crippen LogP contribution in [0, 0.1) is 11.6 Å². The van der Waals surface area contributed by atoms with Crippen molar-refractivity contribution >= 4 is 6.03 Å². The normalized spacial score (nSPS) is 10.1. The van der Waals surface area contributed by atoms with Crippen LogP contribution in [-0.4, -0.2) is 24.2 Å². The lowest BCUT2D eigenvalue weighted by atomic mass is 10.3. The first-order valence-electron chi connectivity index (χ1n) is 6.64. The molecule has 0 spiro atoms. The van der Waals surface area contributed by atoms with E-state index in [1.54, 1.807) is 18.3 Å². The zero-order valence-electron chi connectivity index (χ0n) is 11.7. The van der Waals surface area contributed by atoms with E-state index < -0.39 is 11.6 Å². The minimum Gasteiger partial charge on any atom is -0.489 e. The van der Waals surface area contributed by atoms with Gasteiger partial charge in [-0.1, -0.05) is 6.07 Å². The number of carbonyl (C=O) groups is 1. The van der Waals surface area contributed by atoms with E-state index in [-0.39, 0.29) is 24.9 Å². The van der Waals surface area contributed by atoms with Gasteiger partial charge in [-0.15, -0.1) is 0 Å². The number of benzene rings is 1. The number of hydrogen-bond acceptors (Lipinski definition) is 3. The Balaban J connectivity index is 1.65. The molecule has 2 N–H and O–H groups in total. The van der Waals surface area contributed by atoms with E-state index in [9.17, 15) is 13.6 Å². The molecule has 0 unspecified atom stereocenters. The summed E-state index contributed by atoms with van der Waals surface area (Å²) in [6.07, 6.45) is 1.64. The van der Waals surface area contributed by atoms with Crippen LogP contribution in [0.4, 0.5) is 13.6 Å². The minimum atomic E-state index is -0.778. The molecule has 2 rings (SSSR count). The molecule has 0 atom stereocenters. The predicted molar refractivity (Wildman–Crippen MR) is 76.3 cm³/mol. The number of halogens is 2. The molecule has 0 bridgehead atoms. The molecule has 0 saturated heterocycles. The van der Waals surface area contributed by atoms with E-state index >= 15 is 0 Å². The van der Waals surface area contributed by atoms with Crippen molar-refractivity contribution < 1.29 is 18.3 Å². The number of carbonyl (C=O) groups excluding carboxylic acids is 1. The molecule has 5 nitrogen and oxygen atoms in total. The van der Waals surface area contributed by atoms with Crippen LogP contribution in [-0.2, 0) is 6.54 Å². The van der Waals surface area contributed by atoms with Gasteiger partial charge < -0.3 is 15.4 Å². The van der Waals surface area contributed by atoms with Gasteiger partial charge in [-0.25, -0.2) is 13.6 Å². The number of aromatic nitrogens is 1. The number of nitrogens with zero attached hydrogens (tertiary/aromatic N) is 1. The van der Waals surface area contributed by atoms with E-state index in [1.165, 1.54) is 6.07 Å². The van der Waals surface area contributed by atoms with Crippen LogP contribution in [0.2, 0.25) is 0 Å². The van der Waals surface area contributed by atoms with Gasteiger partial charge in [-0.05, 0) is 24.3 Å². The number of hydrogen-bond donors (Lipinski definition) is 2. The lowest BCUT2D eigenvalue weighted by Gasteiger charge is -2.09. The summed E-state index contributed by atoms with van der Waals surface area (Å²) in [7, 11) is 0. The van der Waals surface area contributed by atoms with Gasteiger partial charge >= 0.3 is 6.03 Å². The Bertz CT molecular complexity index is 623. The quantitative estimate of drug-likeness (QED) is 0.805. The van der Waals surface area contributed by atoms with Gasteiger partial charge in [0.25, 0.3) is 0 Å². The predicted octanol–water partition coefficient (Wildman–Crippen LogP) is 2.24. The van der Waals surface area contributed by atoms with Gasteiger partial charge in [0.05, 0.1) is 18.8 Å². The summed E-state index contributed by atoms with van der Waals surface area (Å²) in [5.41, 5.74) is 0.738. The third-order valence-electron chi connectivity index (χ3n) is 2.70. The van der Waals surface area contributed by atoms with Gasteiger partial charge in [0, 0.05) is 12.3 Å². The summed E-state index contributed by atoms with van der Waals surface area (Å²) in [6, 6.07) is 8.07. The van der Waals surface area contributed by atoms with Crippen LogP contribution in [0.15, 0.2) is 42.6 Å². The molecular weight excluding hydrogens is 292 g/mol. The second kappa shape index (κ2) is 7.92. The molecule has 1 aromatic heterocycles. The van der Waals surface area contributed by atoms with Crippen molar-refractivity contribution in [2.75, 3.05) is 13.2 Å². The van der Waals surface area contributed by atoms with Crippen LogP contribution in [0.1, 0.15) is 5.69 Å². The van der Waals surface area contributed by atoms with Crippen molar-refractivity contribution in [3.8, 4) is 5.75 Å². The Morgan fingerprint density at radius 2 is 2.05 bits per heavy atom. The molecule has 1 aromatic carbocycles. The molecular formula is C15H15F2N3O2. The molecule has 0 aliphatic carbocycles. The van der Waals surface area contributed by atoms with Crippen molar-refractivity contribution in [1.82, 2.24) is 15.6 Å². The van der Waals surface area contributed by atoms with Crippen molar-refractivity contribution in [3.05, 3.63) is 59.9 Å². The number of pyridine rings is 1. The first-order valence-corrected chi connectivity index (χ1v) is 6.64. The monoisotopic (exact) mass is 307 g/mol. The highest BCUT2D eigenvalue weighted by molar-refractivity contribution is 5.73. The summed E-state index contributed by atoms with van der Waals surface area (Å²) in [6.45, 7) is 0.560. The van der Waals surface area contributed by atoms with Gasteiger partial charge in [0.1, 0.15) is 12.4 Å². The third kappa shape index (κ3) is 5.01. The topological polar surface area (TPSA) is 63.2 Å². The number of ether oxygens (including phenoxy) is 1. The molecule has 7 heteroatoms. The molecule has 1 heterocycles. The van der Waals surface area contributed by atoms with Crippen molar-refractivity contribution in [2.45, 2.75) is 6.54 Å². The highest BCUT2D eigenvalue weighted by atomic mass is 19.1. The average molecular weight is 307 g/mol. The fourth-order valence-electron chi connectivity index (χ4n) is 1.65. The van der Waals surface area contributed by atoms with E-state index in [4.69, 9.17) is 4.74 Å². The van der Waals surface area contributed by atoms with E-state index in [2.05, 4.69) is 15.6 Å². The third-order valence-corrected chi connectivity index (χ3v) is 2.70. The zero-order valence-corrected chi connectivity index (χ0v) is 11.7. The molecule has 0 aliphatic heterocycles. The first kappa shape index (κ1) is 15.7. The molecule has 0 aliphatic rings. The summed E-state index contributed by atoms with van der Waals surface area (Å²) in [4.78, 5) is 15.6. The van der Waals surface area contributed by atoms with E-state index in [0.717, 1.165) is 17.8 Å². The second-order valence-corrected chi connectivity index (χ2v) is 4.35. The van der Waals surface area contributed by atoms with Crippen molar-refractivity contribution in [1.29, 1.82) is 0 Å². The molecule has 0 fully saturated rings. The zero-order chi connectivity index (χ0) is 15.8. The number of urea groups is 1. The molecule has 0 saturated carbocycles. The lowest BCUT2D eigenvalue weighted by molar-refractivity contribution is 0.235. The average Bonchev–Trinajstić information content (AvgIpc) is 2.52. The summed E-state index contributed by atoms with van der Waals surface area (Å²) >= 11 is 0. The molecule has 0 radical (unpaired) electrons. The van der Waals surface area contributed by atoms with Crippen LogP contribution in [0.5, 0.6) is 5.75 Å². The van der Waals surface area contributed by atoms with Gasteiger partial charge in [0.2, 0.25) is 0 Å². The van der Waals surface area contributed by atoms with Crippen molar-refractivity contribution in [2.24, 2.45) is 0 Å². The van der Waals surface area contributed by atoms with Crippen LogP contribution < -0.4 is 15.4 Å². The van der Waals surface area contributed by atoms with Gasteiger partial charge in [0.15, 0.2) is 11.6 Å². The maximum absolute atomic E-state index is 13.3. The molecule has 2 amide bonds. The highest BCUT2D eigenvalue weighted by Gasteiger charge is 2.05. The Hall–Kier alpha value is -2.70. The maximum atomic E-state index is 13.3. The SMILES string of the molecule is O=C(NCCOc1ccc(F)cc1F)NCc1ccccn1. The second-order valence-electron chi connectivity index (χ2n) is 4.35. The Kier molecular flexibility index (Phi) is 5.65. The molecule has 22 heavy (non-hydrogen) atoms. The Morgan fingerprint density at radius 3 is 2.77 bits per heavy atom. The van der Waals surface area contributed by atoms with Crippen LogP contribution >= 0.6 is 0 Å². The number of nitrogens with one attached hydrogen (secondary N) is 2. The van der Waals surface area contributed by atoms with Gasteiger partial charge in [-0.3, -0.25) is 4.98 Å². The number of rotatable bonds is 6. The fourth-order valence-corrected chi connectivity index (χ4v) is 1.65. The number of amides is 2. The first-order chi connectivity index (χ1) is 10.6. The smallest absolute Gasteiger partial charge is 0.315 e. The van der Waals surface area contributed by atoms with Crippen LogP contribution in [0.25, 0.3) is 0 Å². The van der Waals surface area contributed by atoms with Crippen LogP contribution in [0.3, 0.4) is 0 Å². The Morgan fingerprint density at radius 1 is 1.18 bits per heavy atom. The minimum absolute atomic E-state index is 0.0582. The standard InChI is InChI=1S/C15H15F2N3O2/c16-11-4-5-14(13(17)9-11)22-8-7-19-15(21)20-10-12-3-1-2-6-18-12/h1-6,9H,7-8,10H2,(H2,19,20,21). The van der Waals surface area contributed by atoms with Crippen molar-refractivity contribution in [3.63, 3.8) is 0 Å². The Labute approximate surface area is 126 Å². The highest BCUT2D eigenvalue weighted by Crippen LogP contribution is 2.17. The largest absolute Gasteiger partial charge is 0.489 e. The summed E-state index contributed by atoms with van der Waals surface area (Å²) in [5.74, 6) is -1.51. The maximum Gasteiger partial charge on any atom is 0.315 e. The fraction of sp³-hybridized carbons (Fsp3) is 0.200. The van der Waals surface area contributed by atoms with E-state index in [1.807, 2.05) is 6.07 Å². The van der Waals surface area contributed by atoms with Gasteiger partial charge in [-0.2, -0.15) is 0 Å². The van der Waals surface area contributed by atoms with E-state index in [0.29, 0.717) is 6.54 Å². The molecule has 2 aromatic rings. The summed E-state index contributed by atoms with van der Waals surface area (Å²) < 4.78 is 31.1. The lowest BCUT2D eigenvalue weighted by Crippen LogP contribution is -2.37.